The molecule has 0 spiro atoms. The fraction of sp³-hybridized carbons (Fsp3) is 0.350. The minimum Gasteiger partial charge on any atom is -0.497 e. The molecule has 2 aromatic rings. The quantitative estimate of drug-likeness (QED) is 0.717. The molecule has 8 nitrogen and oxygen atoms in total. The van der Waals surface area contributed by atoms with Crippen molar-refractivity contribution in [2.45, 2.75) is 0 Å². The van der Waals surface area contributed by atoms with Gasteiger partial charge < -0.3 is 20.3 Å². The largest absolute Gasteiger partial charge is 0.497 e. The Morgan fingerprint density at radius 3 is 2.28 bits per heavy atom. The van der Waals surface area contributed by atoms with E-state index in [9.17, 15) is 13.2 Å². The third-order valence-electron chi connectivity index (χ3n) is 4.75. The van der Waals surface area contributed by atoms with Crippen LogP contribution in [-0.2, 0) is 10.0 Å². The molecule has 0 unspecified atom stereocenters. The minimum absolute atomic E-state index is 0.0553. The second-order valence-electron chi connectivity index (χ2n) is 6.65. The zero-order valence-electron chi connectivity index (χ0n) is 16.4. The van der Waals surface area contributed by atoms with Crippen LogP contribution in [0.2, 0.25) is 0 Å². The number of carbonyl (C=O) groups excluding carboxylic acids is 1. The van der Waals surface area contributed by atoms with Crippen molar-refractivity contribution in [3.8, 4) is 5.75 Å². The van der Waals surface area contributed by atoms with E-state index in [0.717, 1.165) is 11.4 Å². The number of ether oxygens (including phenoxy) is 1. The van der Waals surface area contributed by atoms with Gasteiger partial charge in [-0.05, 0) is 36.4 Å². The van der Waals surface area contributed by atoms with E-state index in [1.807, 2.05) is 42.5 Å². The third-order valence-corrected chi connectivity index (χ3v) is 6.62. The van der Waals surface area contributed by atoms with Crippen LogP contribution < -0.4 is 20.3 Å². The molecular formula is C20H26N4O4S. The third kappa shape index (κ3) is 5.85. The van der Waals surface area contributed by atoms with Gasteiger partial charge in [0.1, 0.15) is 5.75 Å². The Morgan fingerprint density at radius 2 is 1.66 bits per heavy atom. The van der Waals surface area contributed by atoms with Crippen molar-refractivity contribution in [1.82, 2.24) is 9.62 Å². The molecule has 0 atom stereocenters. The Hall–Kier alpha value is -2.78. The molecule has 156 valence electrons. The Balaban J connectivity index is 1.43. The van der Waals surface area contributed by atoms with Gasteiger partial charge in [0.25, 0.3) is 0 Å². The molecule has 0 radical (unpaired) electrons. The summed E-state index contributed by atoms with van der Waals surface area (Å²) in [5, 5.41) is 5.26. The van der Waals surface area contributed by atoms with Crippen LogP contribution in [0, 0.1) is 0 Å². The Morgan fingerprint density at radius 1 is 1.00 bits per heavy atom. The predicted molar refractivity (Wildman–Crippen MR) is 114 cm³/mol. The lowest BCUT2D eigenvalue weighted by Gasteiger charge is -2.35. The van der Waals surface area contributed by atoms with Gasteiger partial charge in [0.15, 0.2) is 0 Å². The van der Waals surface area contributed by atoms with Crippen molar-refractivity contribution < 1.29 is 17.9 Å². The fourth-order valence-electron chi connectivity index (χ4n) is 3.14. The van der Waals surface area contributed by atoms with Crippen LogP contribution in [0.15, 0.2) is 54.6 Å². The van der Waals surface area contributed by atoms with Gasteiger partial charge in [-0.1, -0.05) is 18.2 Å². The number of hydrogen-bond acceptors (Lipinski definition) is 5. The molecule has 1 aliphatic rings. The predicted octanol–water partition coefficient (Wildman–Crippen LogP) is 1.97. The number of nitrogens with zero attached hydrogens (tertiary/aromatic N) is 2. The number of methoxy groups -OCH3 is 1. The summed E-state index contributed by atoms with van der Waals surface area (Å²) in [6.45, 7) is 2.13. The highest BCUT2D eigenvalue weighted by molar-refractivity contribution is 7.89. The first-order valence-corrected chi connectivity index (χ1v) is 11.1. The summed E-state index contributed by atoms with van der Waals surface area (Å²) in [6, 6.07) is 16.3. The molecule has 0 aliphatic carbocycles. The summed E-state index contributed by atoms with van der Waals surface area (Å²) in [6.07, 6.45) is 0. The molecule has 1 fully saturated rings. The van der Waals surface area contributed by atoms with Crippen LogP contribution in [0.4, 0.5) is 16.2 Å². The number of anilines is 2. The molecule has 3 rings (SSSR count). The van der Waals surface area contributed by atoms with Crippen molar-refractivity contribution in [1.29, 1.82) is 0 Å². The standard InChI is InChI=1S/C20H26N4O4S/c1-28-19-9-7-18(8-10-19)23-12-14-24(15-13-23)29(26,27)16-11-21-20(25)22-17-5-3-2-4-6-17/h2-10H,11-16H2,1H3,(H2,21,22,25). The second-order valence-corrected chi connectivity index (χ2v) is 8.74. The summed E-state index contributed by atoms with van der Waals surface area (Å²) in [4.78, 5) is 14.0. The molecule has 9 heteroatoms. The summed E-state index contributed by atoms with van der Waals surface area (Å²) < 4.78 is 31.8. The Kier molecular flexibility index (Phi) is 6.95. The average molecular weight is 419 g/mol. The maximum absolute atomic E-state index is 12.6. The number of piperazine rings is 1. The van der Waals surface area contributed by atoms with Gasteiger partial charge in [-0.15, -0.1) is 0 Å². The van der Waals surface area contributed by atoms with E-state index >= 15 is 0 Å². The molecule has 1 heterocycles. The molecule has 0 saturated carbocycles. The van der Waals surface area contributed by atoms with E-state index < -0.39 is 16.1 Å². The Bertz CT molecular complexity index is 896. The maximum atomic E-state index is 12.6. The van der Waals surface area contributed by atoms with Crippen molar-refractivity contribution in [2.75, 3.05) is 55.8 Å². The molecule has 2 aromatic carbocycles. The number of carbonyl (C=O) groups is 1. The first-order valence-electron chi connectivity index (χ1n) is 9.45. The number of para-hydroxylation sites is 1. The molecule has 0 bridgehead atoms. The van der Waals surface area contributed by atoms with Crippen LogP contribution in [0.1, 0.15) is 0 Å². The number of sulfonamides is 1. The molecule has 0 aromatic heterocycles. The average Bonchev–Trinajstić information content (AvgIpc) is 2.74. The van der Waals surface area contributed by atoms with E-state index in [-0.39, 0.29) is 12.3 Å². The van der Waals surface area contributed by atoms with Crippen LogP contribution in [0.25, 0.3) is 0 Å². The van der Waals surface area contributed by atoms with Crippen LogP contribution in [0.5, 0.6) is 5.75 Å². The van der Waals surface area contributed by atoms with E-state index in [2.05, 4.69) is 15.5 Å². The summed E-state index contributed by atoms with van der Waals surface area (Å²) in [5.41, 5.74) is 1.70. The van der Waals surface area contributed by atoms with Crippen LogP contribution in [-0.4, -0.2) is 64.3 Å². The molecule has 1 saturated heterocycles. The lowest BCUT2D eigenvalue weighted by atomic mass is 10.2. The monoisotopic (exact) mass is 418 g/mol. The zero-order chi connectivity index (χ0) is 20.7. The lowest BCUT2D eigenvalue weighted by molar-refractivity contribution is 0.252. The van der Waals surface area contributed by atoms with E-state index in [4.69, 9.17) is 4.74 Å². The molecule has 29 heavy (non-hydrogen) atoms. The fourth-order valence-corrected chi connectivity index (χ4v) is 4.47. The van der Waals surface area contributed by atoms with Crippen LogP contribution >= 0.6 is 0 Å². The normalized spacial score (nSPS) is 15.0. The van der Waals surface area contributed by atoms with Gasteiger partial charge in [-0.2, -0.15) is 4.31 Å². The van der Waals surface area contributed by atoms with Crippen molar-refractivity contribution >= 4 is 27.4 Å². The minimum atomic E-state index is -3.42. The number of amides is 2. The molecule has 1 aliphatic heterocycles. The van der Waals surface area contributed by atoms with E-state index in [0.29, 0.717) is 31.9 Å². The smallest absolute Gasteiger partial charge is 0.319 e. The maximum Gasteiger partial charge on any atom is 0.319 e. The van der Waals surface area contributed by atoms with Crippen molar-refractivity contribution in [3.63, 3.8) is 0 Å². The zero-order valence-corrected chi connectivity index (χ0v) is 17.2. The van der Waals surface area contributed by atoms with Gasteiger partial charge in [-0.3, -0.25) is 0 Å². The number of nitrogens with one attached hydrogen (secondary N) is 2. The summed E-state index contributed by atoms with van der Waals surface area (Å²) in [5.74, 6) is 0.663. The van der Waals surface area contributed by atoms with Gasteiger partial charge >= 0.3 is 6.03 Å². The number of rotatable bonds is 7. The van der Waals surface area contributed by atoms with Crippen molar-refractivity contribution in [3.05, 3.63) is 54.6 Å². The second kappa shape index (κ2) is 9.62. The number of urea groups is 1. The van der Waals surface area contributed by atoms with Gasteiger partial charge in [-0.25, -0.2) is 13.2 Å². The van der Waals surface area contributed by atoms with Gasteiger partial charge in [0.2, 0.25) is 10.0 Å². The first kappa shape index (κ1) is 20.9. The lowest BCUT2D eigenvalue weighted by Crippen LogP contribution is -2.50. The highest BCUT2D eigenvalue weighted by atomic mass is 32.2. The van der Waals surface area contributed by atoms with E-state index in [1.54, 1.807) is 19.2 Å². The van der Waals surface area contributed by atoms with Gasteiger partial charge in [0.05, 0.1) is 12.9 Å². The molecule has 2 amide bonds. The highest BCUT2D eigenvalue weighted by Gasteiger charge is 2.26. The number of hydrogen-bond donors (Lipinski definition) is 2. The van der Waals surface area contributed by atoms with E-state index in [1.165, 1.54) is 4.31 Å². The van der Waals surface area contributed by atoms with Crippen molar-refractivity contribution in [2.24, 2.45) is 0 Å². The highest BCUT2D eigenvalue weighted by Crippen LogP contribution is 2.21. The number of benzene rings is 2. The summed E-state index contributed by atoms with van der Waals surface area (Å²) in [7, 11) is -1.80. The first-order chi connectivity index (χ1) is 14.0. The SMILES string of the molecule is COc1ccc(N2CCN(S(=O)(=O)CCNC(=O)Nc3ccccc3)CC2)cc1. The Labute approximate surface area is 171 Å². The topological polar surface area (TPSA) is 91.0 Å². The molecular weight excluding hydrogens is 392 g/mol. The van der Waals surface area contributed by atoms with Crippen LogP contribution in [0.3, 0.4) is 0 Å². The van der Waals surface area contributed by atoms with Gasteiger partial charge in [0, 0.05) is 44.1 Å². The summed E-state index contributed by atoms with van der Waals surface area (Å²) >= 11 is 0. The molecule has 2 N–H and O–H groups in total.